The lowest BCUT2D eigenvalue weighted by atomic mass is 10.2. The summed E-state index contributed by atoms with van der Waals surface area (Å²) < 4.78 is 4.81. The van der Waals surface area contributed by atoms with Gasteiger partial charge in [0.05, 0.1) is 5.56 Å². The highest BCUT2D eigenvalue weighted by Crippen LogP contribution is 2.11. The Kier molecular flexibility index (Phi) is 4.31. The number of carboxylic acid groups (broad SMARTS) is 1. The number of aliphatic carboxylic acids is 1. The van der Waals surface area contributed by atoms with Gasteiger partial charge in [-0.25, -0.2) is 9.59 Å². The minimum atomic E-state index is -1.15. The standard InChI is InChI=1S/C11H11ClO4/c1-2-9(10(13)14)16-11(15)7-3-5-8(12)6-4-7/h3-6,9H,2H2,1H3,(H,13,14). The van der Waals surface area contributed by atoms with Crippen LogP contribution in [-0.2, 0) is 9.53 Å². The van der Waals surface area contributed by atoms with E-state index in [-0.39, 0.29) is 12.0 Å². The van der Waals surface area contributed by atoms with Crippen LogP contribution in [0.1, 0.15) is 23.7 Å². The van der Waals surface area contributed by atoms with Gasteiger partial charge in [0.15, 0.2) is 6.10 Å². The Morgan fingerprint density at radius 2 is 1.94 bits per heavy atom. The summed E-state index contributed by atoms with van der Waals surface area (Å²) in [5.41, 5.74) is 0.282. The highest BCUT2D eigenvalue weighted by Gasteiger charge is 2.20. The van der Waals surface area contributed by atoms with E-state index >= 15 is 0 Å². The lowest BCUT2D eigenvalue weighted by Gasteiger charge is -2.11. The summed E-state index contributed by atoms with van der Waals surface area (Å²) in [6.07, 6.45) is -0.877. The van der Waals surface area contributed by atoms with Gasteiger partial charge in [0.2, 0.25) is 0 Å². The van der Waals surface area contributed by atoms with Crippen LogP contribution in [0.5, 0.6) is 0 Å². The van der Waals surface area contributed by atoms with Crippen LogP contribution in [0, 0.1) is 0 Å². The number of esters is 1. The Bertz CT molecular complexity index is 385. The highest BCUT2D eigenvalue weighted by atomic mass is 35.5. The molecule has 0 aliphatic rings. The number of rotatable bonds is 4. The van der Waals surface area contributed by atoms with Crippen LogP contribution >= 0.6 is 11.6 Å². The van der Waals surface area contributed by atoms with Gasteiger partial charge in [-0.05, 0) is 30.7 Å². The minimum absolute atomic E-state index is 0.231. The average molecular weight is 243 g/mol. The van der Waals surface area contributed by atoms with Crippen molar-refractivity contribution in [3.8, 4) is 0 Å². The zero-order valence-corrected chi connectivity index (χ0v) is 9.40. The maximum atomic E-state index is 11.5. The van der Waals surface area contributed by atoms with Crippen LogP contribution in [0.4, 0.5) is 0 Å². The van der Waals surface area contributed by atoms with Crippen LogP contribution < -0.4 is 0 Å². The van der Waals surface area contributed by atoms with E-state index in [1.165, 1.54) is 12.1 Å². The second kappa shape index (κ2) is 5.51. The van der Waals surface area contributed by atoms with E-state index in [0.29, 0.717) is 5.02 Å². The molecule has 86 valence electrons. The molecule has 0 aliphatic heterocycles. The first kappa shape index (κ1) is 12.5. The molecule has 0 amide bonds. The van der Waals surface area contributed by atoms with Crippen LogP contribution in [0.15, 0.2) is 24.3 Å². The molecule has 1 N–H and O–H groups in total. The number of hydrogen-bond acceptors (Lipinski definition) is 3. The maximum absolute atomic E-state index is 11.5. The lowest BCUT2D eigenvalue weighted by Crippen LogP contribution is -2.26. The molecule has 1 unspecified atom stereocenters. The SMILES string of the molecule is CCC(OC(=O)c1ccc(Cl)cc1)C(=O)O. The first-order valence-electron chi connectivity index (χ1n) is 4.74. The van der Waals surface area contributed by atoms with Crippen molar-refractivity contribution in [3.63, 3.8) is 0 Å². The molecule has 0 heterocycles. The maximum Gasteiger partial charge on any atom is 0.345 e. The molecule has 1 rings (SSSR count). The second-order valence-corrected chi connectivity index (χ2v) is 3.58. The van der Waals surface area contributed by atoms with Crippen molar-refractivity contribution in [1.82, 2.24) is 0 Å². The molecule has 0 aliphatic carbocycles. The van der Waals surface area contributed by atoms with Gasteiger partial charge in [-0.2, -0.15) is 0 Å². The van der Waals surface area contributed by atoms with Crippen molar-refractivity contribution < 1.29 is 19.4 Å². The molecule has 1 aromatic rings. The molecular weight excluding hydrogens is 232 g/mol. The van der Waals surface area contributed by atoms with Crippen molar-refractivity contribution in [3.05, 3.63) is 34.9 Å². The third kappa shape index (κ3) is 3.24. The fraction of sp³-hybridized carbons (Fsp3) is 0.273. The topological polar surface area (TPSA) is 63.6 Å². The number of benzene rings is 1. The van der Waals surface area contributed by atoms with Gasteiger partial charge in [-0.3, -0.25) is 0 Å². The number of halogens is 1. The quantitative estimate of drug-likeness (QED) is 0.824. The van der Waals surface area contributed by atoms with Gasteiger partial charge in [0.25, 0.3) is 0 Å². The van der Waals surface area contributed by atoms with Crippen LogP contribution in [0.3, 0.4) is 0 Å². The number of hydrogen-bond donors (Lipinski definition) is 1. The summed E-state index contributed by atoms with van der Waals surface area (Å²) in [5, 5.41) is 9.22. The molecule has 0 fully saturated rings. The third-order valence-electron chi connectivity index (χ3n) is 1.98. The highest BCUT2D eigenvalue weighted by molar-refractivity contribution is 6.30. The Hall–Kier alpha value is -1.55. The van der Waals surface area contributed by atoms with Gasteiger partial charge >= 0.3 is 11.9 Å². The molecule has 0 spiro atoms. The number of carbonyl (C=O) groups is 2. The Labute approximate surface area is 97.8 Å². The fourth-order valence-corrected chi connectivity index (χ4v) is 1.22. The van der Waals surface area contributed by atoms with Gasteiger partial charge in [0, 0.05) is 5.02 Å². The van der Waals surface area contributed by atoms with E-state index in [2.05, 4.69) is 0 Å². The minimum Gasteiger partial charge on any atom is -0.479 e. The van der Waals surface area contributed by atoms with Crippen molar-refractivity contribution in [1.29, 1.82) is 0 Å². The number of ether oxygens (including phenoxy) is 1. The molecule has 0 saturated carbocycles. The van der Waals surface area contributed by atoms with Crippen LogP contribution in [-0.4, -0.2) is 23.1 Å². The molecule has 0 saturated heterocycles. The van der Waals surface area contributed by atoms with Gasteiger partial charge in [-0.1, -0.05) is 18.5 Å². The molecule has 5 heteroatoms. The summed E-state index contributed by atoms with van der Waals surface area (Å²) in [5.74, 6) is -1.81. The third-order valence-corrected chi connectivity index (χ3v) is 2.23. The monoisotopic (exact) mass is 242 g/mol. The Balaban J connectivity index is 2.71. The molecule has 16 heavy (non-hydrogen) atoms. The molecule has 1 aromatic carbocycles. The van der Waals surface area contributed by atoms with Gasteiger partial charge in [-0.15, -0.1) is 0 Å². The number of carbonyl (C=O) groups excluding carboxylic acids is 1. The van der Waals surface area contributed by atoms with Gasteiger partial charge < -0.3 is 9.84 Å². The van der Waals surface area contributed by atoms with Crippen molar-refractivity contribution >= 4 is 23.5 Å². The fourth-order valence-electron chi connectivity index (χ4n) is 1.09. The van der Waals surface area contributed by atoms with Crippen molar-refractivity contribution in [2.75, 3.05) is 0 Å². The molecule has 0 aromatic heterocycles. The number of carboxylic acids is 1. The summed E-state index contributed by atoms with van der Waals surface area (Å²) in [6, 6.07) is 6.05. The largest absolute Gasteiger partial charge is 0.479 e. The van der Waals surface area contributed by atoms with Crippen molar-refractivity contribution in [2.45, 2.75) is 19.4 Å². The normalized spacial score (nSPS) is 11.9. The van der Waals surface area contributed by atoms with Crippen LogP contribution in [0.25, 0.3) is 0 Å². The van der Waals surface area contributed by atoms with E-state index in [9.17, 15) is 9.59 Å². The van der Waals surface area contributed by atoms with Crippen LogP contribution in [0.2, 0.25) is 5.02 Å². The zero-order chi connectivity index (χ0) is 12.1. The molecule has 0 radical (unpaired) electrons. The van der Waals surface area contributed by atoms with Gasteiger partial charge in [0.1, 0.15) is 0 Å². The summed E-state index contributed by atoms with van der Waals surface area (Å²) in [6.45, 7) is 1.63. The molecule has 4 nitrogen and oxygen atoms in total. The second-order valence-electron chi connectivity index (χ2n) is 3.15. The summed E-state index contributed by atoms with van der Waals surface area (Å²) in [4.78, 5) is 22.2. The van der Waals surface area contributed by atoms with E-state index in [0.717, 1.165) is 0 Å². The Morgan fingerprint density at radius 3 is 2.38 bits per heavy atom. The molecule has 1 atom stereocenters. The van der Waals surface area contributed by atoms with E-state index in [1.807, 2.05) is 0 Å². The summed E-state index contributed by atoms with van der Waals surface area (Å²) >= 11 is 5.65. The molecular formula is C11H11ClO4. The molecule has 0 bridgehead atoms. The Morgan fingerprint density at radius 1 is 1.38 bits per heavy atom. The van der Waals surface area contributed by atoms with E-state index in [1.54, 1.807) is 19.1 Å². The smallest absolute Gasteiger partial charge is 0.345 e. The summed E-state index contributed by atoms with van der Waals surface area (Å²) in [7, 11) is 0. The van der Waals surface area contributed by atoms with Crippen molar-refractivity contribution in [2.24, 2.45) is 0 Å². The first-order chi connectivity index (χ1) is 7.54. The first-order valence-corrected chi connectivity index (χ1v) is 5.11. The lowest BCUT2D eigenvalue weighted by molar-refractivity contribution is -0.147. The average Bonchev–Trinajstić information content (AvgIpc) is 2.26. The predicted molar refractivity (Wildman–Crippen MR) is 58.6 cm³/mol. The van der Waals surface area contributed by atoms with E-state index in [4.69, 9.17) is 21.4 Å². The van der Waals surface area contributed by atoms with E-state index < -0.39 is 18.0 Å². The predicted octanol–water partition coefficient (Wildman–Crippen LogP) is 2.36. The zero-order valence-electron chi connectivity index (χ0n) is 8.64.